The van der Waals surface area contributed by atoms with E-state index in [1.165, 1.54) is 4.90 Å². The molecule has 0 saturated carbocycles. The zero-order valence-electron chi connectivity index (χ0n) is 26.2. The molecule has 45 heavy (non-hydrogen) atoms. The molecule has 1 N–H and O–H groups in total. The lowest BCUT2D eigenvalue weighted by atomic mass is 10.1. The summed E-state index contributed by atoms with van der Waals surface area (Å²) in [6.45, 7) is 11.2. The molecule has 10 heteroatoms. The number of nitrogens with zero attached hydrogens (tertiary/aromatic N) is 4. The number of nitrogens with one attached hydrogen (secondary N) is 1. The lowest BCUT2D eigenvalue weighted by Gasteiger charge is -2.35. The maximum Gasteiger partial charge on any atom is 0.261 e. The summed E-state index contributed by atoms with van der Waals surface area (Å²) in [7, 11) is -1.28. The highest BCUT2D eigenvalue weighted by Gasteiger charge is 2.36. The van der Waals surface area contributed by atoms with E-state index in [0.717, 1.165) is 39.7 Å². The normalized spacial score (nSPS) is 14.8. The number of imide groups is 1. The van der Waals surface area contributed by atoms with Crippen molar-refractivity contribution < 1.29 is 14.3 Å². The third-order valence-electron chi connectivity index (χ3n) is 8.40. The molecule has 2 amide bonds. The van der Waals surface area contributed by atoms with E-state index in [-0.39, 0.29) is 30.4 Å². The summed E-state index contributed by atoms with van der Waals surface area (Å²) in [5.74, 6) is 0.342. The van der Waals surface area contributed by atoms with Crippen LogP contribution in [-0.2, 0) is 17.8 Å². The predicted octanol–water partition coefficient (Wildman–Crippen LogP) is 7.47. The number of para-hydroxylation sites is 2. The number of aromatic amines is 1. The van der Waals surface area contributed by atoms with E-state index >= 15 is 0 Å². The first-order chi connectivity index (χ1) is 21.7. The Morgan fingerprint density at radius 1 is 0.933 bits per heavy atom. The standard InChI is InChI=1S/C35H39N5O3SSi/c1-24(29-13-9-10-16-36-29)39(32(21-43-17-18-45(2,3)4)33-37-30-14-7-8-15-31(30)38-33)19-25-22-44-23-26(25)20-40-34(41)27-11-5-6-12-28(27)35(40)42/h5-16,22-24,32H,17-21H2,1-4H3,(H,37,38). The van der Waals surface area contributed by atoms with E-state index in [0.29, 0.717) is 30.9 Å². The van der Waals surface area contributed by atoms with Crippen LogP contribution in [0.25, 0.3) is 11.0 Å². The maximum atomic E-state index is 13.2. The molecule has 232 valence electrons. The van der Waals surface area contributed by atoms with Crippen molar-refractivity contribution in [1.29, 1.82) is 0 Å². The largest absolute Gasteiger partial charge is 0.380 e. The first-order valence-electron chi connectivity index (χ1n) is 15.4. The number of rotatable bonds is 13. The van der Waals surface area contributed by atoms with Gasteiger partial charge in [0.05, 0.1) is 53.1 Å². The van der Waals surface area contributed by atoms with Crippen LogP contribution in [0.15, 0.2) is 83.7 Å². The van der Waals surface area contributed by atoms with Gasteiger partial charge in [-0.1, -0.05) is 50.0 Å². The molecular formula is C35H39N5O3SSi. The van der Waals surface area contributed by atoms with Crippen LogP contribution in [0.5, 0.6) is 0 Å². The van der Waals surface area contributed by atoms with Gasteiger partial charge in [0.1, 0.15) is 5.82 Å². The van der Waals surface area contributed by atoms with Gasteiger partial charge in [-0.15, -0.1) is 0 Å². The minimum absolute atomic E-state index is 0.0861. The zero-order valence-corrected chi connectivity index (χ0v) is 28.0. The Kier molecular flexibility index (Phi) is 9.09. The minimum atomic E-state index is -1.28. The molecule has 0 spiro atoms. The second kappa shape index (κ2) is 13.2. The summed E-state index contributed by atoms with van der Waals surface area (Å²) in [6, 6.07) is 21.9. The Labute approximate surface area is 269 Å². The number of ether oxygens (including phenoxy) is 1. The third-order valence-corrected chi connectivity index (χ3v) is 10.9. The van der Waals surface area contributed by atoms with Crippen LogP contribution in [0, 0.1) is 0 Å². The SMILES string of the molecule is CC(c1ccccn1)N(Cc1cscc1CN1C(=O)c2ccccc2C1=O)C(COCC[Si](C)(C)C)c1nc2ccccc2[nH]1. The van der Waals surface area contributed by atoms with Gasteiger partial charge in [0, 0.05) is 27.4 Å². The highest BCUT2D eigenvalue weighted by molar-refractivity contribution is 7.08. The van der Waals surface area contributed by atoms with Crippen molar-refractivity contribution in [2.24, 2.45) is 0 Å². The van der Waals surface area contributed by atoms with Crippen LogP contribution in [0.3, 0.4) is 0 Å². The number of carbonyl (C=O) groups is 2. The summed E-state index contributed by atoms with van der Waals surface area (Å²) in [4.78, 5) is 43.5. The monoisotopic (exact) mass is 637 g/mol. The molecule has 3 aromatic heterocycles. The van der Waals surface area contributed by atoms with E-state index in [4.69, 9.17) is 14.7 Å². The summed E-state index contributed by atoms with van der Waals surface area (Å²) >= 11 is 1.58. The Morgan fingerprint density at radius 2 is 1.62 bits per heavy atom. The number of carbonyl (C=O) groups excluding carboxylic acids is 2. The second-order valence-electron chi connectivity index (χ2n) is 12.8. The van der Waals surface area contributed by atoms with E-state index in [2.05, 4.69) is 41.8 Å². The maximum absolute atomic E-state index is 13.2. The molecule has 0 bridgehead atoms. The molecule has 5 aromatic rings. The molecule has 1 aliphatic rings. The van der Waals surface area contributed by atoms with Gasteiger partial charge in [0.25, 0.3) is 11.8 Å². The first-order valence-corrected chi connectivity index (χ1v) is 20.0. The van der Waals surface area contributed by atoms with Crippen LogP contribution in [0.1, 0.15) is 62.4 Å². The molecule has 0 aliphatic carbocycles. The summed E-state index contributed by atoms with van der Waals surface area (Å²) in [6.07, 6.45) is 1.82. The molecule has 2 aromatic carbocycles. The number of hydrogen-bond donors (Lipinski definition) is 1. The Hall–Kier alpha value is -3.96. The number of hydrogen-bond acceptors (Lipinski definition) is 7. The molecule has 0 fully saturated rings. The fraction of sp³-hybridized carbons (Fsp3) is 0.314. The van der Waals surface area contributed by atoms with E-state index in [9.17, 15) is 9.59 Å². The second-order valence-corrected chi connectivity index (χ2v) is 19.2. The van der Waals surface area contributed by atoms with Gasteiger partial charge in [0.15, 0.2) is 0 Å². The van der Waals surface area contributed by atoms with E-state index in [1.54, 1.807) is 35.6 Å². The third kappa shape index (κ3) is 6.84. The van der Waals surface area contributed by atoms with Crippen molar-refractivity contribution in [3.8, 4) is 0 Å². The summed E-state index contributed by atoms with van der Waals surface area (Å²) in [5, 5.41) is 4.16. The van der Waals surface area contributed by atoms with Gasteiger partial charge in [-0.05, 0) is 71.3 Å². The average molecular weight is 638 g/mol. The molecule has 8 nitrogen and oxygen atoms in total. The topological polar surface area (TPSA) is 91.4 Å². The number of H-pyrrole nitrogens is 1. The van der Waals surface area contributed by atoms with Gasteiger partial charge < -0.3 is 9.72 Å². The van der Waals surface area contributed by atoms with E-state index in [1.807, 2.05) is 54.0 Å². The number of imidazole rings is 1. The molecule has 0 saturated heterocycles. The molecule has 2 unspecified atom stereocenters. The van der Waals surface area contributed by atoms with Crippen molar-refractivity contribution in [1.82, 2.24) is 24.8 Å². The van der Waals surface area contributed by atoms with Crippen molar-refractivity contribution in [3.05, 3.63) is 117 Å². The van der Waals surface area contributed by atoms with Crippen LogP contribution in [0.4, 0.5) is 0 Å². The fourth-order valence-corrected chi connectivity index (χ4v) is 7.33. The smallest absolute Gasteiger partial charge is 0.261 e. The molecule has 4 heterocycles. The van der Waals surface area contributed by atoms with Crippen molar-refractivity contribution >= 4 is 42.3 Å². The molecule has 1 aliphatic heterocycles. The van der Waals surface area contributed by atoms with Crippen molar-refractivity contribution in [2.45, 2.75) is 57.8 Å². The molecular weight excluding hydrogens is 599 g/mol. The number of aromatic nitrogens is 3. The zero-order chi connectivity index (χ0) is 31.6. The molecule has 0 radical (unpaired) electrons. The number of thiophene rings is 1. The number of benzene rings is 2. The lowest BCUT2D eigenvalue weighted by Crippen LogP contribution is -2.36. The average Bonchev–Trinajstić information content (AvgIpc) is 3.73. The molecule has 2 atom stereocenters. The highest BCUT2D eigenvalue weighted by Crippen LogP contribution is 2.34. The van der Waals surface area contributed by atoms with Gasteiger partial charge in [-0.25, -0.2) is 4.98 Å². The van der Waals surface area contributed by atoms with E-state index < -0.39 is 8.07 Å². The predicted molar refractivity (Wildman–Crippen MR) is 181 cm³/mol. The first kappa shape index (κ1) is 31.0. The van der Waals surface area contributed by atoms with Crippen LogP contribution in [0.2, 0.25) is 25.7 Å². The Bertz CT molecular complexity index is 1730. The minimum Gasteiger partial charge on any atom is -0.380 e. The van der Waals surface area contributed by atoms with Crippen LogP contribution < -0.4 is 0 Å². The van der Waals surface area contributed by atoms with Gasteiger partial charge >= 0.3 is 0 Å². The lowest BCUT2D eigenvalue weighted by molar-refractivity contribution is 0.0350. The summed E-state index contributed by atoms with van der Waals surface area (Å²) in [5.41, 5.74) is 5.77. The van der Waals surface area contributed by atoms with Crippen LogP contribution >= 0.6 is 11.3 Å². The van der Waals surface area contributed by atoms with Gasteiger partial charge in [-0.2, -0.15) is 11.3 Å². The highest BCUT2D eigenvalue weighted by atomic mass is 32.1. The number of amides is 2. The summed E-state index contributed by atoms with van der Waals surface area (Å²) < 4.78 is 6.43. The molecule has 6 rings (SSSR count). The quantitative estimate of drug-likeness (QED) is 0.0818. The number of fused-ring (bicyclic) bond motifs is 2. The van der Waals surface area contributed by atoms with Crippen LogP contribution in [-0.4, -0.2) is 57.9 Å². The van der Waals surface area contributed by atoms with Gasteiger partial charge in [0.2, 0.25) is 0 Å². The Balaban J connectivity index is 1.34. The fourth-order valence-electron chi connectivity index (χ4n) is 5.72. The van der Waals surface area contributed by atoms with Gasteiger partial charge in [-0.3, -0.25) is 24.4 Å². The number of pyridine rings is 1. The van der Waals surface area contributed by atoms with Crippen molar-refractivity contribution in [3.63, 3.8) is 0 Å². The van der Waals surface area contributed by atoms with Crippen molar-refractivity contribution in [2.75, 3.05) is 13.2 Å². The Morgan fingerprint density at radius 3 is 2.31 bits per heavy atom.